The van der Waals surface area contributed by atoms with E-state index >= 15 is 0 Å². The average Bonchev–Trinajstić information content (AvgIpc) is 3.05. The van der Waals surface area contributed by atoms with Crippen molar-refractivity contribution in [1.82, 2.24) is 14.7 Å². The van der Waals surface area contributed by atoms with E-state index in [4.69, 9.17) is 21.1 Å². The number of aryl methyl sites for hydroxylation is 2. The third kappa shape index (κ3) is 5.44. The van der Waals surface area contributed by atoms with Crippen LogP contribution >= 0.6 is 11.6 Å². The molecule has 1 aliphatic rings. The Morgan fingerprint density at radius 3 is 2.39 bits per heavy atom. The summed E-state index contributed by atoms with van der Waals surface area (Å²) in [4.78, 5) is 38.2. The van der Waals surface area contributed by atoms with Gasteiger partial charge in [-0.1, -0.05) is 41.4 Å². The van der Waals surface area contributed by atoms with Crippen LogP contribution in [0.3, 0.4) is 0 Å². The van der Waals surface area contributed by atoms with E-state index in [2.05, 4.69) is 5.10 Å². The molecule has 1 aliphatic heterocycles. The minimum Gasteiger partial charge on any atom is -0.469 e. The van der Waals surface area contributed by atoms with Crippen LogP contribution in [0, 0.1) is 19.8 Å². The van der Waals surface area contributed by atoms with Crippen LogP contribution in [0.25, 0.3) is 0 Å². The number of hydrogen-bond acceptors (Lipinski definition) is 6. The monoisotopic (exact) mass is 447 g/mol. The van der Waals surface area contributed by atoms with Gasteiger partial charge in [0.2, 0.25) is 0 Å². The summed E-state index contributed by atoms with van der Waals surface area (Å²) >= 11 is 6.39. The molecule has 2 heterocycles. The summed E-state index contributed by atoms with van der Waals surface area (Å²) in [6.07, 6.45) is 1.06. The van der Waals surface area contributed by atoms with Gasteiger partial charge in [-0.3, -0.25) is 9.59 Å². The highest BCUT2D eigenvalue weighted by Gasteiger charge is 2.29. The lowest BCUT2D eigenvalue weighted by Crippen LogP contribution is -2.42. The Labute approximate surface area is 186 Å². The summed E-state index contributed by atoms with van der Waals surface area (Å²) in [6, 6.07) is 7.94. The van der Waals surface area contributed by atoms with Gasteiger partial charge in [-0.05, 0) is 32.3 Å². The predicted octanol–water partition coefficient (Wildman–Crippen LogP) is 2.77. The summed E-state index contributed by atoms with van der Waals surface area (Å²) in [7, 11) is 1.36. The maximum Gasteiger partial charge on any atom is 0.343 e. The van der Waals surface area contributed by atoms with E-state index in [1.807, 2.05) is 31.2 Å². The summed E-state index contributed by atoms with van der Waals surface area (Å²) in [5, 5.41) is 4.52. The molecule has 0 unspecified atom stereocenters. The molecule has 0 atom stereocenters. The first-order chi connectivity index (χ1) is 14.8. The van der Waals surface area contributed by atoms with Gasteiger partial charge >= 0.3 is 11.9 Å². The number of aromatic nitrogens is 2. The molecule has 0 aliphatic carbocycles. The molecule has 1 saturated heterocycles. The van der Waals surface area contributed by atoms with Gasteiger partial charge in [0.15, 0.2) is 6.61 Å². The summed E-state index contributed by atoms with van der Waals surface area (Å²) in [5.74, 6) is -1.45. The summed E-state index contributed by atoms with van der Waals surface area (Å²) in [6.45, 7) is 4.55. The zero-order valence-electron chi connectivity index (χ0n) is 17.9. The zero-order valence-corrected chi connectivity index (χ0v) is 18.6. The normalized spacial score (nSPS) is 14.4. The van der Waals surface area contributed by atoms with Crippen molar-refractivity contribution < 1.29 is 23.9 Å². The maximum atomic E-state index is 12.6. The fourth-order valence-corrected chi connectivity index (χ4v) is 3.89. The van der Waals surface area contributed by atoms with E-state index in [0.29, 0.717) is 38.2 Å². The SMILES string of the molecule is COC(=O)C1CCN(C(=O)COC(=O)c2c(C)nn(Cc3ccc(C)cc3)c2Cl)CC1. The highest BCUT2D eigenvalue weighted by atomic mass is 35.5. The lowest BCUT2D eigenvalue weighted by atomic mass is 9.97. The molecule has 0 N–H and O–H groups in total. The maximum absolute atomic E-state index is 12.6. The van der Waals surface area contributed by atoms with Crippen LogP contribution in [0.1, 0.15) is 40.0 Å². The number of piperidine rings is 1. The third-order valence-electron chi connectivity index (χ3n) is 5.43. The highest BCUT2D eigenvalue weighted by molar-refractivity contribution is 6.32. The standard InChI is InChI=1S/C22H26ClN3O5/c1-14-4-6-16(7-5-14)12-26-20(23)19(15(2)24-26)22(29)31-13-18(27)25-10-8-17(9-11-25)21(28)30-3/h4-7,17H,8-13H2,1-3H3. The molecule has 0 spiro atoms. The molecule has 0 saturated carbocycles. The zero-order chi connectivity index (χ0) is 22.5. The number of hydrogen-bond donors (Lipinski definition) is 0. The van der Waals surface area contributed by atoms with Gasteiger partial charge in [-0.2, -0.15) is 5.10 Å². The second-order valence-corrected chi connectivity index (χ2v) is 8.01. The van der Waals surface area contributed by atoms with E-state index in [0.717, 1.165) is 11.1 Å². The number of rotatable bonds is 6. The summed E-state index contributed by atoms with van der Waals surface area (Å²) in [5.41, 5.74) is 2.75. The molecule has 2 aromatic rings. The van der Waals surface area contributed by atoms with Gasteiger partial charge in [0.05, 0.1) is 25.3 Å². The largest absolute Gasteiger partial charge is 0.469 e. The molecule has 1 fully saturated rings. The number of benzene rings is 1. The van der Waals surface area contributed by atoms with Gasteiger partial charge < -0.3 is 14.4 Å². The van der Waals surface area contributed by atoms with Crippen molar-refractivity contribution in [3.05, 3.63) is 51.8 Å². The van der Waals surface area contributed by atoms with Gasteiger partial charge in [0, 0.05) is 13.1 Å². The number of nitrogens with zero attached hydrogens (tertiary/aromatic N) is 3. The number of carbonyl (C=O) groups excluding carboxylic acids is 3. The molecule has 1 aromatic heterocycles. The second-order valence-electron chi connectivity index (χ2n) is 7.65. The van der Waals surface area contributed by atoms with Crippen molar-refractivity contribution in [3.63, 3.8) is 0 Å². The smallest absolute Gasteiger partial charge is 0.343 e. The van der Waals surface area contributed by atoms with Gasteiger partial charge in [0.25, 0.3) is 5.91 Å². The topological polar surface area (TPSA) is 90.7 Å². The number of likely N-dealkylation sites (tertiary alicyclic amines) is 1. The first kappa shape index (κ1) is 22.8. The molecule has 1 aromatic carbocycles. The quantitative estimate of drug-likeness (QED) is 0.632. The lowest BCUT2D eigenvalue weighted by Gasteiger charge is -2.30. The number of amides is 1. The number of methoxy groups -OCH3 is 1. The van der Waals surface area contributed by atoms with Crippen LogP contribution < -0.4 is 0 Å². The Bertz CT molecular complexity index is 962. The molecular formula is C22H26ClN3O5. The molecule has 9 heteroatoms. The molecular weight excluding hydrogens is 422 g/mol. The first-order valence-corrected chi connectivity index (χ1v) is 10.5. The molecule has 166 valence electrons. The van der Waals surface area contributed by atoms with Crippen molar-refractivity contribution in [3.8, 4) is 0 Å². The number of halogens is 1. The highest BCUT2D eigenvalue weighted by Crippen LogP contribution is 2.23. The fourth-order valence-electron chi connectivity index (χ4n) is 3.58. The van der Waals surface area contributed by atoms with E-state index in [1.165, 1.54) is 11.8 Å². The molecule has 3 rings (SSSR count). The van der Waals surface area contributed by atoms with E-state index in [-0.39, 0.29) is 35.1 Å². The van der Waals surface area contributed by atoms with E-state index < -0.39 is 5.97 Å². The van der Waals surface area contributed by atoms with E-state index in [1.54, 1.807) is 11.8 Å². The van der Waals surface area contributed by atoms with Crippen molar-refractivity contribution in [2.24, 2.45) is 5.92 Å². The molecule has 8 nitrogen and oxygen atoms in total. The first-order valence-electron chi connectivity index (χ1n) is 10.1. The van der Waals surface area contributed by atoms with Gasteiger partial charge in [0.1, 0.15) is 10.7 Å². The number of ether oxygens (including phenoxy) is 2. The van der Waals surface area contributed by atoms with Crippen molar-refractivity contribution in [1.29, 1.82) is 0 Å². The van der Waals surface area contributed by atoms with Gasteiger partial charge in [-0.25, -0.2) is 9.48 Å². The average molecular weight is 448 g/mol. The third-order valence-corrected chi connectivity index (χ3v) is 5.82. The summed E-state index contributed by atoms with van der Waals surface area (Å²) < 4.78 is 11.5. The fraction of sp³-hybridized carbons (Fsp3) is 0.455. The Morgan fingerprint density at radius 1 is 1.13 bits per heavy atom. The predicted molar refractivity (Wildman–Crippen MR) is 114 cm³/mol. The van der Waals surface area contributed by atoms with Crippen LogP contribution in [-0.4, -0.2) is 59.3 Å². The van der Waals surface area contributed by atoms with Crippen LogP contribution in [0.2, 0.25) is 5.15 Å². The molecule has 0 radical (unpaired) electrons. The van der Waals surface area contributed by atoms with E-state index in [9.17, 15) is 14.4 Å². The minimum atomic E-state index is -0.685. The number of carbonyl (C=O) groups is 3. The Morgan fingerprint density at radius 2 is 1.77 bits per heavy atom. The Balaban J connectivity index is 1.57. The van der Waals surface area contributed by atoms with Crippen LogP contribution in [0.15, 0.2) is 24.3 Å². The van der Waals surface area contributed by atoms with Crippen LogP contribution in [0.5, 0.6) is 0 Å². The lowest BCUT2D eigenvalue weighted by molar-refractivity contribution is -0.149. The molecule has 1 amide bonds. The van der Waals surface area contributed by atoms with Gasteiger partial charge in [-0.15, -0.1) is 0 Å². The van der Waals surface area contributed by atoms with Crippen molar-refractivity contribution >= 4 is 29.4 Å². The van der Waals surface area contributed by atoms with Crippen molar-refractivity contribution in [2.45, 2.75) is 33.2 Å². The molecule has 0 bridgehead atoms. The van der Waals surface area contributed by atoms with Crippen LogP contribution in [0.4, 0.5) is 0 Å². The van der Waals surface area contributed by atoms with Crippen molar-refractivity contribution in [2.75, 3.05) is 26.8 Å². The minimum absolute atomic E-state index is 0.158. The molecule has 31 heavy (non-hydrogen) atoms. The number of esters is 2. The Kier molecular flexibility index (Phi) is 7.33. The Hall–Kier alpha value is -2.87. The second kappa shape index (κ2) is 9.96. The van der Waals surface area contributed by atoms with Crippen LogP contribution in [-0.2, 0) is 25.6 Å².